The molecule has 2 aromatic rings. The Morgan fingerprint density at radius 1 is 1.31 bits per heavy atom. The molecule has 0 spiro atoms. The molecule has 2 heterocycles. The molecule has 0 aliphatic heterocycles. The van der Waals surface area contributed by atoms with Crippen molar-refractivity contribution < 1.29 is 0 Å². The highest BCUT2D eigenvalue weighted by Crippen LogP contribution is 2.21. The van der Waals surface area contributed by atoms with Crippen LogP contribution in [0.4, 0.5) is 5.82 Å². The van der Waals surface area contributed by atoms with Crippen LogP contribution in [0.2, 0.25) is 0 Å². The van der Waals surface area contributed by atoms with Crippen molar-refractivity contribution in [3.63, 3.8) is 0 Å². The molecule has 0 atom stereocenters. The molecule has 82 valence electrons. The average molecular weight is 214 g/mol. The van der Waals surface area contributed by atoms with Gasteiger partial charge in [0.15, 0.2) is 0 Å². The maximum Gasteiger partial charge on any atom is 0.126 e. The summed E-state index contributed by atoms with van der Waals surface area (Å²) in [5, 5.41) is 3.27. The summed E-state index contributed by atoms with van der Waals surface area (Å²) < 4.78 is 0. The van der Waals surface area contributed by atoms with Crippen molar-refractivity contribution in [1.29, 1.82) is 0 Å². The number of anilines is 1. The number of fused-ring (bicyclic) bond motifs is 1. The number of rotatable bonds is 3. The van der Waals surface area contributed by atoms with Gasteiger partial charge in [-0.15, -0.1) is 0 Å². The Bertz CT molecular complexity index is 476. The van der Waals surface area contributed by atoms with E-state index < -0.39 is 0 Å². The van der Waals surface area contributed by atoms with Crippen molar-refractivity contribution in [1.82, 2.24) is 15.0 Å². The monoisotopic (exact) mass is 214 g/mol. The highest BCUT2D eigenvalue weighted by atomic mass is 15.0. The fourth-order valence-corrected chi connectivity index (χ4v) is 2.09. The van der Waals surface area contributed by atoms with E-state index in [2.05, 4.69) is 26.3 Å². The molecule has 1 aliphatic carbocycles. The summed E-state index contributed by atoms with van der Waals surface area (Å²) in [7, 11) is 0. The van der Waals surface area contributed by atoms with Gasteiger partial charge in [-0.1, -0.05) is 6.07 Å². The fraction of sp³-hybridized carbons (Fsp3) is 0.333. The minimum atomic E-state index is 0.693. The average Bonchev–Trinajstić information content (AvgIpc) is 2.97. The second-order valence-electron chi connectivity index (χ2n) is 4.05. The molecule has 1 aliphatic rings. The molecular weight excluding hydrogens is 200 g/mol. The third-order valence-electron chi connectivity index (χ3n) is 2.92. The van der Waals surface area contributed by atoms with Crippen LogP contribution in [0.25, 0.3) is 0 Å². The van der Waals surface area contributed by atoms with Crippen LogP contribution < -0.4 is 5.32 Å². The van der Waals surface area contributed by atoms with E-state index in [1.54, 1.807) is 6.20 Å². The molecule has 2 aromatic heterocycles. The number of pyridine rings is 1. The highest BCUT2D eigenvalue weighted by molar-refractivity contribution is 5.40. The summed E-state index contributed by atoms with van der Waals surface area (Å²) in [4.78, 5) is 11.8. The first-order valence-electron chi connectivity index (χ1n) is 5.63. The molecule has 3 rings (SSSR count). The predicted octanol–water partition coefficient (Wildman–Crippen LogP) is 1.91. The van der Waals surface area contributed by atoms with Crippen LogP contribution in [0.15, 0.2) is 24.5 Å². The van der Waals surface area contributed by atoms with Gasteiger partial charge >= 0.3 is 0 Å². The van der Waals surface area contributed by atoms with E-state index in [0.29, 0.717) is 6.54 Å². The fourth-order valence-electron chi connectivity index (χ4n) is 2.09. The molecule has 16 heavy (non-hydrogen) atoms. The molecule has 2 N–H and O–H groups in total. The predicted molar refractivity (Wildman–Crippen MR) is 62.2 cm³/mol. The van der Waals surface area contributed by atoms with Crippen LogP contribution in [0.1, 0.15) is 23.5 Å². The summed E-state index contributed by atoms with van der Waals surface area (Å²) in [6.07, 6.45) is 7.12. The van der Waals surface area contributed by atoms with E-state index in [9.17, 15) is 0 Å². The lowest BCUT2D eigenvalue weighted by atomic mass is 10.2. The van der Waals surface area contributed by atoms with Gasteiger partial charge in [-0.2, -0.15) is 0 Å². The van der Waals surface area contributed by atoms with E-state index in [-0.39, 0.29) is 0 Å². The number of hydrogen-bond acceptors (Lipinski definition) is 3. The lowest BCUT2D eigenvalue weighted by Crippen LogP contribution is -2.04. The van der Waals surface area contributed by atoms with Crippen molar-refractivity contribution in [2.75, 3.05) is 5.32 Å². The Hall–Kier alpha value is -1.84. The SMILES string of the molecule is c1c[nH]c(CNc2ccc3c(n2)CCC3)n1. The van der Waals surface area contributed by atoms with Crippen molar-refractivity contribution in [3.05, 3.63) is 41.6 Å². The molecule has 4 heteroatoms. The molecule has 0 bridgehead atoms. The van der Waals surface area contributed by atoms with Gasteiger partial charge in [0.2, 0.25) is 0 Å². The largest absolute Gasteiger partial charge is 0.363 e. The Kier molecular flexibility index (Phi) is 2.33. The summed E-state index contributed by atoms with van der Waals surface area (Å²) >= 11 is 0. The third-order valence-corrected chi connectivity index (χ3v) is 2.92. The molecule has 0 radical (unpaired) electrons. The molecule has 0 saturated heterocycles. The molecule has 4 nitrogen and oxygen atoms in total. The normalized spacial score (nSPS) is 13.8. The molecule has 0 amide bonds. The van der Waals surface area contributed by atoms with Crippen LogP contribution in [0.3, 0.4) is 0 Å². The van der Waals surface area contributed by atoms with Gasteiger partial charge in [-0.25, -0.2) is 9.97 Å². The highest BCUT2D eigenvalue weighted by Gasteiger charge is 2.12. The van der Waals surface area contributed by atoms with Gasteiger partial charge < -0.3 is 10.3 Å². The van der Waals surface area contributed by atoms with Crippen molar-refractivity contribution in [3.8, 4) is 0 Å². The first kappa shape index (κ1) is 9.39. The minimum Gasteiger partial charge on any atom is -0.363 e. The molecule has 0 unspecified atom stereocenters. The Labute approximate surface area is 94.1 Å². The number of aryl methyl sites for hydroxylation is 2. The number of nitrogens with one attached hydrogen (secondary N) is 2. The van der Waals surface area contributed by atoms with E-state index in [1.165, 1.54) is 24.1 Å². The number of hydrogen-bond donors (Lipinski definition) is 2. The summed E-state index contributed by atoms with van der Waals surface area (Å²) in [6, 6.07) is 4.23. The van der Waals surface area contributed by atoms with Crippen LogP contribution in [0, 0.1) is 0 Å². The van der Waals surface area contributed by atoms with Crippen molar-refractivity contribution in [2.45, 2.75) is 25.8 Å². The third kappa shape index (κ3) is 1.78. The molecular formula is C12H14N4. The Morgan fingerprint density at radius 3 is 3.19 bits per heavy atom. The van der Waals surface area contributed by atoms with Gasteiger partial charge in [0.1, 0.15) is 11.6 Å². The van der Waals surface area contributed by atoms with Crippen LogP contribution >= 0.6 is 0 Å². The number of aromatic amines is 1. The topological polar surface area (TPSA) is 53.6 Å². The standard InChI is InChI=1S/C12H14N4/c1-2-9-4-5-11(16-10(9)3-1)15-8-12-13-6-7-14-12/h4-7H,1-3,8H2,(H,13,14)(H,15,16). The van der Waals surface area contributed by atoms with Gasteiger partial charge in [0.25, 0.3) is 0 Å². The quantitative estimate of drug-likeness (QED) is 0.820. The van der Waals surface area contributed by atoms with E-state index in [1.807, 2.05) is 12.3 Å². The lowest BCUT2D eigenvalue weighted by molar-refractivity contribution is 0.898. The van der Waals surface area contributed by atoms with Crippen molar-refractivity contribution >= 4 is 5.82 Å². The van der Waals surface area contributed by atoms with Gasteiger partial charge in [0.05, 0.1) is 6.54 Å². The second-order valence-corrected chi connectivity index (χ2v) is 4.05. The maximum atomic E-state index is 4.60. The lowest BCUT2D eigenvalue weighted by Gasteiger charge is -2.05. The Balaban J connectivity index is 1.71. The van der Waals surface area contributed by atoms with Crippen LogP contribution in [-0.4, -0.2) is 15.0 Å². The first-order chi connectivity index (χ1) is 7.92. The van der Waals surface area contributed by atoms with Gasteiger partial charge in [-0.3, -0.25) is 0 Å². The first-order valence-corrected chi connectivity index (χ1v) is 5.63. The van der Waals surface area contributed by atoms with Crippen LogP contribution in [-0.2, 0) is 19.4 Å². The van der Waals surface area contributed by atoms with Gasteiger partial charge in [0, 0.05) is 18.1 Å². The molecule has 0 saturated carbocycles. The number of H-pyrrole nitrogens is 1. The van der Waals surface area contributed by atoms with E-state index >= 15 is 0 Å². The number of imidazole rings is 1. The smallest absolute Gasteiger partial charge is 0.126 e. The summed E-state index contributed by atoms with van der Waals surface area (Å²) in [6.45, 7) is 0.693. The zero-order valence-electron chi connectivity index (χ0n) is 9.03. The van der Waals surface area contributed by atoms with Gasteiger partial charge in [-0.05, 0) is 30.9 Å². The van der Waals surface area contributed by atoms with Crippen LogP contribution in [0.5, 0.6) is 0 Å². The van der Waals surface area contributed by atoms with E-state index in [0.717, 1.165) is 18.1 Å². The second kappa shape index (κ2) is 3.96. The maximum absolute atomic E-state index is 4.60. The minimum absolute atomic E-state index is 0.693. The summed E-state index contributed by atoms with van der Waals surface area (Å²) in [5.74, 6) is 1.87. The molecule has 0 aromatic carbocycles. The Morgan fingerprint density at radius 2 is 2.31 bits per heavy atom. The zero-order valence-corrected chi connectivity index (χ0v) is 9.03. The van der Waals surface area contributed by atoms with E-state index in [4.69, 9.17) is 0 Å². The van der Waals surface area contributed by atoms with Crippen molar-refractivity contribution in [2.24, 2.45) is 0 Å². The summed E-state index contributed by atoms with van der Waals surface area (Å²) in [5.41, 5.74) is 2.66. The number of aromatic nitrogens is 3. The zero-order chi connectivity index (χ0) is 10.8. The molecule has 0 fully saturated rings. The number of nitrogens with zero attached hydrogens (tertiary/aromatic N) is 2.